The molecule has 0 saturated carbocycles. The maximum Gasteiger partial charge on any atom is 0.0323 e. The average molecular weight is 298 g/mol. The summed E-state index contributed by atoms with van der Waals surface area (Å²) in [6.07, 6.45) is 2.45. The summed E-state index contributed by atoms with van der Waals surface area (Å²) < 4.78 is 1.21. The fourth-order valence-electron chi connectivity index (χ4n) is 1.98. The Bertz CT molecular complexity index is 349. The molecule has 0 bridgehead atoms. The van der Waals surface area contributed by atoms with Gasteiger partial charge in [0, 0.05) is 10.5 Å². The summed E-state index contributed by atoms with van der Waals surface area (Å²) in [6.45, 7) is 9.91. The Hall–Kier alpha value is -0.340. The second-order valence-corrected chi connectivity index (χ2v) is 5.72. The van der Waals surface area contributed by atoms with E-state index in [1.54, 1.807) is 0 Å². The van der Waals surface area contributed by atoms with Crippen molar-refractivity contribution < 1.29 is 0 Å². The first-order valence-corrected chi connectivity index (χ1v) is 7.37. The SMILES string of the molecule is CCNC(CC(C)CC)c1ccc(C)c(Br)c1. The van der Waals surface area contributed by atoms with E-state index in [1.807, 2.05) is 0 Å². The number of halogens is 1. The topological polar surface area (TPSA) is 12.0 Å². The largest absolute Gasteiger partial charge is 0.310 e. The van der Waals surface area contributed by atoms with E-state index in [4.69, 9.17) is 0 Å². The van der Waals surface area contributed by atoms with Crippen molar-refractivity contribution in [2.45, 2.75) is 46.6 Å². The van der Waals surface area contributed by atoms with E-state index < -0.39 is 0 Å². The monoisotopic (exact) mass is 297 g/mol. The zero-order valence-electron chi connectivity index (χ0n) is 11.4. The molecule has 0 aliphatic rings. The highest BCUT2D eigenvalue weighted by Crippen LogP contribution is 2.26. The predicted molar refractivity (Wildman–Crippen MR) is 79.4 cm³/mol. The van der Waals surface area contributed by atoms with Crippen LogP contribution < -0.4 is 5.32 Å². The van der Waals surface area contributed by atoms with Gasteiger partial charge in [-0.15, -0.1) is 0 Å². The summed E-state index contributed by atoms with van der Waals surface area (Å²) >= 11 is 3.62. The highest BCUT2D eigenvalue weighted by Gasteiger charge is 2.14. The number of hydrogen-bond acceptors (Lipinski definition) is 1. The molecule has 1 rings (SSSR count). The van der Waals surface area contributed by atoms with Gasteiger partial charge >= 0.3 is 0 Å². The van der Waals surface area contributed by atoms with E-state index in [9.17, 15) is 0 Å². The van der Waals surface area contributed by atoms with Crippen molar-refractivity contribution in [3.8, 4) is 0 Å². The van der Waals surface area contributed by atoms with E-state index in [2.05, 4.69) is 67.1 Å². The normalized spacial score (nSPS) is 14.6. The maximum absolute atomic E-state index is 3.62. The number of rotatable bonds is 6. The lowest BCUT2D eigenvalue weighted by Crippen LogP contribution is -2.22. The van der Waals surface area contributed by atoms with Gasteiger partial charge in [-0.3, -0.25) is 0 Å². The van der Waals surface area contributed by atoms with E-state index in [1.165, 1.54) is 28.4 Å². The zero-order valence-corrected chi connectivity index (χ0v) is 13.0. The van der Waals surface area contributed by atoms with Crippen molar-refractivity contribution in [2.24, 2.45) is 5.92 Å². The Morgan fingerprint density at radius 2 is 2.00 bits per heavy atom. The summed E-state index contributed by atoms with van der Waals surface area (Å²) in [7, 11) is 0. The van der Waals surface area contributed by atoms with Crippen LogP contribution in [-0.4, -0.2) is 6.54 Å². The Morgan fingerprint density at radius 1 is 1.29 bits per heavy atom. The van der Waals surface area contributed by atoms with Crippen LogP contribution in [0.1, 0.15) is 50.8 Å². The lowest BCUT2D eigenvalue weighted by Gasteiger charge is -2.22. The van der Waals surface area contributed by atoms with E-state index in [-0.39, 0.29) is 0 Å². The summed E-state index contributed by atoms with van der Waals surface area (Å²) in [5.74, 6) is 0.763. The fourth-order valence-corrected chi connectivity index (χ4v) is 2.38. The Balaban J connectivity index is 2.84. The van der Waals surface area contributed by atoms with Gasteiger partial charge in [-0.2, -0.15) is 0 Å². The molecule has 0 radical (unpaired) electrons. The number of hydrogen-bond donors (Lipinski definition) is 1. The van der Waals surface area contributed by atoms with Crippen LogP contribution in [0, 0.1) is 12.8 Å². The first-order chi connectivity index (χ1) is 8.08. The van der Waals surface area contributed by atoms with Crippen molar-refractivity contribution >= 4 is 15.9 Å². The van der Waals surface area contributed by atoms with Crippen LogP contribution in [0.15, 0.2) is 22.7 Å². The molecule has 0 fully saturated rings. The van der Waals surface area contributed by atoms with Gasteiger partial charge in [-0.05, 0) is 43.0 Å². The molecule has 0 aliphatic carbocycles. The highest BCUT2D eigenvalue weighted by molar-refractivity contribution is 9.10. The van der Waals surface area contributed by atoms with Gasteiger partial charge in [0.25, 0.3) is 0 Å². The van der Waals surface area contributed by atoms with Gasteiger partial charge in [0.1, 0.15) is 0 Å². The van der Waals surface area contributed by atoms with Gasteiger partial charge < -0.3 is 5.32 Å². The number of nitrogens with one attached hydrogen (secondary N) is 1. The van der Waals surface area contributed by atoms with Crippen molar-refractivity contribution in [3.05, 3.63) is 33.8 Å². The van der Waals surface area contributed by atoms with Crippen molar-refractivity contribution in [1.82, 2.24) is 5.32 Å². The third-order valence-electron chi connectivity index (χ3n) is 3.38. The minimum Gasteiger partial charge on any atom is -0.310 e. The van der Waals surface area contributed by atoms with Crippen LogP contribution in [0.4, 0.5) is 0 Å². The second-order valence-electron chi connectivity index (χ2n) is 4.87. The summed E-state index contributed by atoms with van der Waals surface area (Å²) in [4.78, 5) is 0. The van der Waals surface area contributed by atoms with Crippen molar-refractivity contribution in [3.63, 3.8) is 0 Å². The summed E-state index contributed by atoms with van der Waals surface area (Å²) in [5, 5.41) is 3.59. The molecule has 17 heavy (non-hydrogen) atoms. The molecule has 2 atom stereocenters. The number of aryl methyl sites for hydroxylation is 1. The van der Waals surface area contributed by atoms with Crippen LogP contribution in [-0.2, 0) is 0 Å². The predicted octanol–water partition coefficient (Wildman–Crippen LogP) is 4.84. The van der Waals surface area contributed by atoms with Gasteiger partial charge in [-0.25, -0.2) is 0 Å². The molecule has 0 amide bonds. The first kappa shape index (κ1) is 14.7. The van der Waals surface area contributed by atoms with Crippen LogP contribution in [0.5, 0.6) is 0 Å². The molecule has 0 aliphatic heterocycles. The number of benzene rings is 1. The maximum atomic E-state index is 3.62. The molecule has 1 N–H and O–H groups in total. The average Bonchev–Trinajstić information content (AvgIpc) is 2.32. The van der Waals surface area contributed by atoms with E-state index >= 15 is 0 Å². The third-order valence-corrected chi connectivity index (χ3v) is 4.24. The summed E-state index contributed by atoms with van der Waals surface area (Å²) in [5.41, 5.74) is 2.69. The molecule has 1 aromatic carbocycles. The van der Waals surface area contributed by atoms with Gasteiger partial charge in [0.15, 0.2) is 0 Å². The molecule has 2 heteroatoms. The van der Waals surface area contributed by atoms with Crippen molar-refractivity contribution in [2.75, 3.05) is 6.54 Å². The zero-order chi connectivity index (χ0) is 12.8. The van der Waals surface area contributed by atoms with Crippen LogP contribution in [0.3, 0.4) is 0 Å². The first-order valence-electron chi connectivity index (χ1n) is 6.57. The lowest BCUT2D eigenvalue weighted by atomic mass is 9.94. The fraction of sp³-hybridized carbons (Fsp3) is 0.600. The van der Waals surface area contributed by atoms with E-state index in [0.29, 0.717) is 6.04 Å². The molecule has 2 unspecified atom stereocenters. The molecule has 0 heterocycles. The highest BCUT2D eigenvalue weighted by atomic mass is 79.9. The second kappa shape index (κ2) is 7.17. The van der Waals surface area contributed by atoms with Crippen LogP contribution in [0.25, 0.3) is 0 Å². The Labute approximate surface area is 114 Å². The molecule has 0 aromatic heterocycles. The third kappa shape index (κ3) is 4.44. The molecule has 96 valence electrons. The molecule has 1 nitrogen and oxygen atoms in total. The van der Waals surface area contributed by atoms with Gasteiger partial charge in [0.05, 0.1) is 0 Å². The minimum atomic E-state index is 0.479. The lowest BCUT2D eigenvalue weighted by molar-refractivity contribution is 0.408. The summed E-state index contributed by atoms with van der Waals surface area (Å²) in [6, 6.07) is 7.17. The quantitative estimate of drug-likeness (QED) is 0.792. The van der Waals surface area contributed by atoms with Crippen LogP contribution in [0.2, 0.25) is 0 Å². The molecule has 1 aromatic rings. The molecular formula is C15H24BrN. The Kier molecular flexibility index (Phi) is 6.21. The van der Waals surface area contributed by atoms with E-state index in [0.717, 1.165) is 12.5 Å². The molecule has 0 saturated heterocycles. The Morgan fingerprint density at radius 3 is 2.53 bits per heavy atom. The molecular weight excluding hydrogens is 274 g/mol. The van der Waals surface area contributed by atoms with Crippen LogP contribution >= 0.6 is 15.9 Å². The van der Waals surface area contributed by atoms with Gasteiger partial charge in [-0.1, -0.05) is 55.3 Å². The standard InChI is InChI=1S/C15H24BrN/c1-5-11(3)9-15(17-6-2)13-8-7-12(4)14(16)10-13/h7-8,10-11,15,17H,5-6,9H2,1-4H3. The smallest absolute Gasteiger partial charge is 0.0323 e. The minimum absolute atomic E-state index is 0.479. The molecule has 0 spiro atoms. The van der Waals surface area contributed by atoms with Gasteiger partial charge in [0.2, 0.25) is 0 Å². The van der Waals surface area contributed by atoms with Crippen molar-refractivity contribution in [1.29, 1.82) is 0 Å².